The Kier molecular flexibility index (Phi) is 14.5. The van der Waals surface area contributed by atoms with Crippen LogP contribution in [0.25, 0.3) is 11.0 Å². The first kappa shape index (κ1) is 39.5. The molecule has 10 radical (unpaired) electrons. The molecule has 0 fully saturated rings. The van der Waals surface area contributed by atoms with Gasteiger partial charge in [0.05, 0.1) is 43.0 Å². The van der Waals surface area contributed by atoms with Gasteiger partial charge in [0.25, 0.3) is 0 Å². The van der Waals surface area contributed by atoms with Gasteiger partial charge in [-0.25, -0.2) is 4.39 Å². The van der Waals surface area contributed by atoms with Crippen LogP contribution < -0.4 is 10.1 Å². The molecule has 0 aliphatic carbocycles. The van der Waals surface area contributed by atoms with E-state index in [1.54, 1.807) is 32.0 Å². The van der Waals surface area contributed by atoms with Crippen LogP contribution in [-0.2, 0) is 22.6 Å². The van der Waals surface area contributed by atoms with Crippen LogP contribution in [0.4, 0.5) is 4.39 Å². The molecule has 0 saturated carbocycles. The Morgan fingerprint density at radius 1 is 1.18 bits per heavy atom. The van der Waals surface area contributed by atoms with Crippen molar-refractivity contribution in [3.05, 3.63) is 72.1 Å². The average Bonchev–Trinajstić information content (AvgIpc) is 3.32. The fourth-order valence-corrected chi connectivity index (χ4v) is 4.00. The normalized spacial score (nSPS) is 11.4. The predicted octanol–water partition coefficient (Wildman–Crippen LogP) is 0.817. The second kappa shape index (κ2) is 16.1. The maximum absolute atomic E-state index is 13.1. The van der Waals surface area contributed by atoms with Crippen molar-refractivity contribution in [1.82, 2.24) is 15.1 Å². The number of hydrogen-bond acceptors (Lipinski definition) is 6. The van der Waals surface area contributed by atoms with Gasteiger partial charge in [-0.15, -0.1) is 11.5 Å². The third-order valence-corrected chi connectivity index (χ3v) is 6.03. The van der Waals surface area contributed by atoms with Gasteiger partial charge < -0.3 is 41.1 Å². The number of halogens is 1. The standard InChI is InChI=1S/C19H19B5N2O4.C9H10FNO2.U/c1-5-11-6-7-13-12(8-11)9-14(30-13)16(28)25(17(2,3)4)10-15(27)26(18(20,21)22)19(23,24)29;1-13-9-4-2-3-8(10)7(9)5-11-6-12;/h6-8,29H,2,5,10H2,1,3-4H3;2-4,6H,5H2,1H3,(H,11,12);/q-2;;+2. The molecule has 0 unspecified atom stereocenters. The Morgan fingerprint density at radius 3 is 2.32 bits per heavy atom. The number of rotatable bonds is 11. The van der Waals surface area contributed by atoms with Crippen LogP contribution in [0.2, 0.25) is 0 Å². The number of carbonyl (C=O) groups excluding carboxylic acids is 3. The van der Waals surface area contributed by atoms with E-state index in [1.807, 2.05) is 19.1 Å². The van der Waals surface area contributed by atoms with Crippen LogP contribution in [0.5, 0.6) is 5.75 Å². The summed E-state index contributed by atoms with van der Waals surface area (Å²) in [6, 6.07) is 12.9. The van der Waals surface area contributed by atoms with E-state index in [9.17, 15) is 23.9 Å². The maximum Gasteiger partial charge on any atom is 2.00 e. The van der Waals surface area contributed by atoms with Crippen molar-refractivity contribution in [2.45, 2.75) is 50.0 Å². The molecule has 2 N–H and O–H groups in total. The molecule has 44 heavy (non-hydrogen) atoms. The summed E-state index contributed by atoms with van der Waals surface area (Å²) in [5, 5.41) is 10.5. The number of aliphatic hydroxyl groups is 1. The van der Waals surface area contributed by atoms with E-state index in [1.165, 1.54) is 13.2 Å². The van der Waals surface area contributed by atoms with Crippen molar-refractivity contribution in [2.24, 2.45) is 0 Å². The third-order valence-electron chi connectivity index (χ3n) is 6.03. The van der Waals surface area contributed by atoms with E-state index in [4.69, 9.17) is 48.4 Å². The molecule has 0 bridgehead atoms. The molecule has 9 nitrogen and oxygen atoms in total. The molecule has 3 rings (SSSR count). The quantitative estimate of drug-likeness (QED) is 0.129. The number of hydrogen-bond donors (Lipinski definition) is 2. The Morgan fingerprint density at radius 2 is 1.82 bits per heavy atom. The van der Waals surface area contributed by atoms with Gasteiger partial charge in [-0.1, -0.05) is 61.4 Å². The molecule has 2 aromatic carbocycles. The summed E-state index contributed by atoms with van der Waals surface area (Å²) in [5.74, 6) is -1.75. The first-order chi connectivity index (χ1) is 19.8. The molecule has 1 aromatic heterocycles. The molecular formula is C28H29B5FN3O6U. The summed E-state index contributed by atoms with van der Waals surface area (Å²) in [4.78, 5) is 37.3. The number of ether oxygens (including phenoxy) is 1. The number of fused-ring (bicyclic) bond motifs is 1. The predicted molar refractivity (Wildman–Crippen MR) is 164 cm³/mol. The number of amides is 3. The van der Waals surface area contributed by atoms with Crippen molar-refractivity contribution >= 4 is 68.4 Å². The van der Waals surface area contributed by atoms with Gasteiger partial charge in [-0.05, 0) is 18.6 Å². The van der Waals surface area contributed by atoms with Gasteiger partial charge in [-0.2, -0.15) is 0 Å². The molecule has 0 spiro atoms. The van der Waals surface area contributed by atoms with Crippen LogP contribution in [0.3, 0.4) is 0 Å². The van der Waals surface area contributed by atoms with E-state index < -0.39 is 34.7 Å². The van der Waals surface area contributed by atoms with Crippen molar-refractivity contribution in [3.8, 4) is 5.75 Å². The van der Waals surface area contributed by atoms with Crippen molar-refractivity contribution < 1.29 is 64.1 Å². The van der Waals surface area contributed by atoms with E-state index in [0.717, 1.165) is 16.9 Å². The van der Waals surface area contributed by atoms with Crippen LogP contribution in [0.15, 0.2) is 40.8 Å². The topological polar surface area (TPSA) is 112 Å². The second-order valence-electron chi connectivity index (χ2n) is 10.3. The van der Waals surface area contributed by atoms with Gasteiger partial charge in [-0.3, -0.25) is 9.59 Å². The molecule has 16 heteroatoms. The minimum Gasteiger partial charge on any atom is -0.514 e. The Bertz CT molecular complexity index is 1430. The number of methoxy groups -OCH3 is 1. The first-order valence-corrected chi connectivity index (χ1v) is 13.0. The minimum atomic E-state index is -2.77. The molecule has 1 heterocycles. The van der Waals surface area contributed by atoms with Gasteiger partial charge in [0.2, 0.25) is 18.2 Å². The van der Waals surface area contributed by atoms with Gasteiger partial charge in [0.15, 0.2) is 0 Å². The molecular weight excluding hydrogens is 785 g/mol. The summed E-state index contributed by atoms with van der Waals surface area (Å²) in [5.41, 5.74) is -1.99. The van der Waals surface area contributed by atoms with Gasteiger partial charge in [0.1, 0.15) is 27.3 Å². The van der Waals surface area contributed by atoms with Gasteiger partial charge >= 0.3 is 31.1 Å². The summed E-state index contributed by atoms with van der Waals surface area (Å²) in [7, 11) is 28.7. The number of benzene rings is 2. The van der Waals surface area contributed by atoms with Crippen molar-refractivity contribution in [2.75, 3.05) is 13.7 Å². The average molecular weight is 815 g/mol. The van der Waals surface area contributed by atoms with Gasteiger partial charge in [0, 0.05) is 23.2 Å². The first-order valence-electron chi connectivity index (χ1n) is 13.0. The molecule has 0 saturated heterocycles. The number of nitrogens with one attached hydrogen (secondary N) is 1. The van der Waals surface area contributed by atoms with Crippen LogP contribution in [0.1, 0.15) is 42.5 Å². The van der Waals surface area contributed by atoms with E-state index in [0.29, 0.717) is 28.7 Å². The second-order valence-corrected chi connectivity index (χ2v) is 10.3. The van der Waals surface area contributed by atoms with E-state index in [-0.39, 0.29) is 54.1 Å². The molecule has 3 aromatic rings. The Balaban J connectivity index is 0.000000579. The summed E-state index contributed by atoms with van der Waals surface area (Å²) < 4.78 is 23.7. The van der Waals surface area contributed by atoms with E-state index >= 15 is 0 Å². The molecule has 0 aliphatic rings. The fourth-order valence-electron chi connectivity index (χ4n) is 4.00. The van der Waals surface area contributed by atoms with Crippen molar-refractivity contribution in [1.29, 1.82) is 0 Å². The van der Waals surface area contributed by atoms with E-state index in [2.05, 4.69) is 18.3 Å². The fraction of sp³-hybridized carbons (Fsp3) is 0.357. The largest absolute Gasteiger partial charge is 2.00 e. The summed E-state index contributed by atoms with van der Waals surface area (Å²) >= 11 is 0. The van der Waals surface area contributed by atoms with Crippen LogP contribution >= 0.6 is 0 Å². The Labute approximate surface area is 287 Å². The number of aryl methyl sites for hydroxylation is 1. The maximum atomic E-state index is 13.1. The number of nitrogens with zero attached hydrogens (tertiary/aromatic N) is 2. The molecule has 0 atom stereocenters. The molecule has 0 aliphatic heterocycles. The minimum absolute atomic E-state index is 0. The van der Waals surface area contributed by atoms with Crippen LogP contribution in [0, 0.1) is 49.9 Å². The molecule has 218 valence electrons. The monoisotopic (exact) mass is 815 g/mol. The zero-order valence-electron chi connectivity index (χ0n) is 25.0. The third kappa shape index (κ3) is 10.5. The zero-order valence-corrected chi connectivity index (χ0v) is 29.2. The number of carbonyl (C=O) groups is 3. The molecule has 3 amide bonds. The SMILES string of the molecule is COc1cccc(F)c1CNC=O.[B]C([B])([B])N(C(=O)CN(C(=O)c1[c-]c2cc(CC)ccc2o1)C([CH2-])(C)C)C([B])([B])O.[U+2]. The van der Waals surface area contributed by atoms with Crippen LogP contribution in [-0.4, -0.2) is 102 Å². The van der Waals surface area contributed by atoms with Crippen molar-refractivity contribution in [3.63, 3.8) is 0 Å². The zero-order chi connectivity index (χ0) is 32.8. The number of furan rings is 1. The Hall–Kier alpha value is -2.54. The summed E-state index contributed by atoms with van der Waals surface area (Å²) in [6.45, 7) is 8.58. The smallest absolute Gasteiger partial charge is 0.514 e. The summed E-state index contributed by atoms with van der Waals surface area (Å²) in [6.07, 6.45) is 1.33.